The number of hydrogen-bond acceptors (Lipinski definition) is 4. The van der Waals surface area contributed by atoms with Crippen LogP contribution >= 0.6 is 0 Å². The fraction of sp³-hybridized carbons (Fsp3) is 0.133. The van der Waals surface area contributed by atoms with Gasteiger partial charge >= 0.3 is 5.97 Å². The molecule has 0 aliphatic heterocycles. The van der Waals surface area contributed by atoms with Gasteiger partial charge in [0.05, 0.1) is 19.8 Å². The minimum atomic E-state index is -0.444. The molecule has 0 saturated heterocycles. The van der Waals surface area contributed by atoms with Crippen molar-refractivity contribution in [3.05, 3.63) is 59.9 Å². The van der Waals surface area contributed by atoms with Crippen LogP contribution in [0.5, 0.6) is 11.5 Å². The third-order valence-corrected chi connectivity index (χ3v) is 2.30. The Kier molecular flexibility index (Phi) is 6.03. The predicted molar refractivity (Wildman–Crippen MR) is 72.4 cm³/mol. The van der Waals surface area contributed by atoms with E-state index in [0.717, 1.165) is 0 Å². The highest BCUT2D eigenvalue weighted by atomic mass is 19.1. The number of rotatable bonds is 2. The SMILES string of the molecule is COC(=O)c1cccc(O)c1.COc1cccc(F)c1. The second-order valence-corrected chi connectivity index (χ2v) is 3.70. The summed E-state index contributed by atoms with van der Waals surface area (Å²) in [6.45, 7) is 0. The Morgan fingerprint density at radius 1 is 1.10 bits per heavy atom. The minimum absolute atomic E-state index is 0.0629. The van der Waals surface area contributed by atoms with Crippen LogP contribution in [-0.4, -0.2) is 25.3 Å². The van der Waals surface area contributed by atoms with Crippen LogP contribution in [0.1, 0.15) is 10.4 Å². The van der Waals surface area contributed by atoms with Crippen LogP contribution in [0.2, 0.25) is 0 Å². The standard InChI is InChI=1S/C8H8O3.C7H7FO/c1-11-8(10)6-3-2-4-7(9)5-6;1-9-7-4-2-3-6(8)5-7/h2-5,9H,1H3;2-5H,1H3. The first-order valence-electron chi connectivity index (χ1n) is 5.73. The van der Waals surface area contributed by atoms with Crippen molar-refractivity contribution in [1.29, 1.82) is 0 Å². The summed E-state index contributed by atoms with van der Waals surface area (Å²) >= 11 is 0. The van der Waals surface area contributed by atoms with Crippen LogP contribution in [0.4, 0.5) is 4.39 Å². The topological polar surface area (TPSA) is 55.8 Å². The number of halogens is 1. The van der Waals surface area contributed by atoms with Crippen LogP contribution in [0.3, 0.4) is 0 Å². The van der Waals surface area contributed by atoms with E-state index in [-0.39, 0.29) is 11.6 Å². The molecule has 0 aliphatic rings. The Morgan fingerprint density at radius 3 is 2.30 bits per heavy atom. The summed E-state index contributed by atoms with van der Waals surface area (Å²) < 4.78 is 21.5. The smallest absolute Gasteiger partial charge is 0.337 e. The number of esters is 1. The van der Waals surface area contributed by atoms with Crippen molar-refractivity contribution in [2.24, 2.45) is 0 Å². The van der Waals surface area contributed by atoms with E-state index in [9.17, 15) is 9.18 Å². The van der Waals surface area contributed by atoms with E-state index in [1.165, 1.54) is 38.5 Å². The predicted octanol–water partition coefficient (Wildman–Crippen LogP) is 3.01. The molecule has 0 atom stereocenters. The highest BCUT2D eigenvalue weighted by Crippen LogP contribution is 2.11. The van der Waals surface area contributed by atoms with E-state index < -0.39 is 5.97 Å². The lowest BCUT2D eigenvalue weighted by Crippen LogP contribution is -1.99. The van der Waals surface area contributed by atoms with Gasteiger partial charge in [-0.2, -0.15) is 0 Å². The first-order valence-corrected chi connectivity index (χ1v) is 5.73. The molecule has 0 spiro atoms. The molecular weight excluding hydrogens is 263 g/mol. The number of carbonyl (C=O) groups excluding carboxylic acids is 1. The zero-order chi connectivity index (χ0) is 15.0. The average Bonchev–Trinajstić information content (AvgIpc) is 2.47. The molecule has 0 amide bonds. The Balaban J connectivity index is 0.000000204. The van der Waals surface area contributed by atoms with E-state index in [0.29, 0.717) is 11.3 Å². The molecule has 0 bridgehead atoms. The van der Waals surface area contributed by atoms with Crippen LogP contribution in [0.15, 0.2) is 48.5 Å². The minimum Gasteiger partial charge on any atom is -0.508 e. The lowest BCUT2D eigenvalue weighted by atomic mass is 10.2. The second-order valence-electron chi connectivity index (χ2n) is 3.70. The van der Waals surface area contributed by atoms with Gasteiger partial charge in [0.1, 0.15) is 17.3 Å². The number of hydrogen-bond donors (Lipinski definition) is 1. The number of benzene rings is 2. The van der Waals surface area contributed by atoms with Gasteiger partial charge in [0.15, 0.2) is 0 Å². The zero-order valence-corrected chi connectivity index (χ0v) is 11.2. The molecular formula is C15H15FO4. The van der Waals surface area contributed by atoms with Gasteiger partial charge in [0.25, 0.3) is 0 Å². The Labute approximate surface area is 116 Å². The van der Waals surface area contributed by atoms with Crippen molar-refractivity contribution >= 4 is 5.97 Å². The van der Waals surface area contributed by atoms with Gasteiger partial charge in [0, 0.05) is 6.07 Å². The second kappa shape index (κ2) is 7.78. The average molecular weight is 278 g/mol. The number of ether oxygens (including phenoxy) is 2. The van der Waals surface area contributed by atoms with Gasteiger partial charge in [-0.05, 0) is 30.3 Å². The fourth-order valence-electron chi connectivity index (χ4n) is 1.34. The summed E-state index contributed by atoms with van der Waals surface area (Å²) in [5.41, 5.74) is 0.354. The largest absolute Gasteiger partial charge is 0.508 e. The maximum absolute atomic E-state index is 12.3. The van der Waals surface area contributed by atoms with Gasteiger partial charge in [0.2, 0.25) is 0 Å². The first-order chi connectivity index (χ1) is 9.56. The van der Waals surface area contributed by atoms with Gasteiger partial charge in [-0.3, -0.25) is 0 Å². The monoisotopic (exact) mass is 278 g/mol. The van der Waals surface area contributed by atoms with Crippen molar-refractivity contribution < 1.29 is 23.8 Å². The molecule has 2 aromatic rings. The van der Waals surface area contributed by atoms with Gasteiger partial charge in [-0.25, -0.2) is 9.18 Å². The number of phenolic OH excluding ortho intramolecular Hbond substituents is 1. The molecule has 0 heterocycles. The first kappa shape index (κ1) is 15.5. The Morgan fingerprint density at radius 2 is 1.80 bits per heavy atom. The molecule has 2 rings (SSSR count). The van der Waals surface area contributed by atoms with E-state index in [2.05, 4.69) is 4.74 Å². The molecule has 4 nitrogen and oxygen atoms in total. The van der Waals surface area contributed by atoms with Crippen LogP contribution in [0, 0.1) is 5.82 Å². The molecule has 0 saturated carbocycles. The van der Waals surface area contributed by atoms with E-state index in [1.54, 1.807) is 24.3 Å². The lowest BCUT2D eigenvalue weighted by molar-refractivity contribution is 0.0600. The lowest BCUT2D eigenvalue weighted by Gasteiger charge is -1.97. The van der Waals surface area contributed by atoms with Crippen LogP contribution in [-0.2, 0) is 4.74 Å². The van der Waals surface area contributed by atoms with Gasteiger partial charge in [-0.1, -0.05) is 12.1 Å². The normalized spacial score (nSPS) is 9.15. The quantitative estimate of drug-likeness (QED) is 0.858. The molecule has 2 aromatic carbocycles. The summed E-state index contributed by atoms with van der Waals surface area (Å²) in [6, 6.07) is 12.0. The van der Waals surface area contributed by atoms with E-state index >= 15 is 0 Å². The Bertz CT molecular complexity index is 569. The maximum atomic E-state index is 12.3. The van der Waals surface area contributed by atoms with Gasteiger partial charge < -0.3 is 14.6 Å². The number of aromatic hydroxyl groups is 1. The zero-order valence-electron chi connectivity index (χ0n) is 11.2. The molecule has 0 unspecified atom stereocenters. The van der Waals surface area contributed by atoms with Crippen molar-refractivity contribution in [3.8, 4) is 11.5 Å². The highest BCUT2D eigenvalue weighted by Gasteiger charge is 2.03. The summed E-state index contributed by atoms with van der Waals surface area (Å²) in [7, 11) is 2.81. The van der Waals surface area contributed by atoms with Crippen molar-refractivity contribution in [1.82, 2.24) is 0 Å². The van der Waals surface area contributed by atoms with E-state index in [4.69, 9.17) is 9.84 Å². The molecule has 0 aliphatic carbocycles. The third-order valence-electron chi connectivity index (χ3n) is 2.30. The molecule has 0 radical (unpaired) electrons. The molecule has 0 fully saturated rings. The van der Waals surface area contributed by atoms with Crippen LogP contribution < -0.4 is 4.74 Å². The van der Waals surface area contributed by atoms with Crippen LogP contribution in [0.25, 0.3) is 0 Å². The summed E-state index contributed by atoms with van der Waals surface area (Å²) in [6.07, 6.45) is 0. The number of phenols is 1. The summed E-state index contributed by atoms with van der Waals surface area (Å²) in [5.74, 6) is -0.0989. The summed E-state index contributed by atoms with van der Waals surface area (Å²) in [4.78, 5) is 10.8. The molecule has 5 heteroatoms. The van der Waals surface area contributed by atoms with E-state index in [1.807, 2.05) is 0 Å². The Hall–Kier alpha value is -2.56. The molecule has 1 N–H and O–H groups in total. The van der Waals surface area contributed by atoms with Crippen molar-refractivity contribution in [3.63, 3.8) is 0 Å². The number of carbonyl (C=O) groups is 1. The third kappa shape index (κ3) is 4.97. The highest BCUT2D eigenvalue weighted by molar-refractivity contribution is 5.89. The molecule has 106 valence electrons. The summed E-state index contributed by atoms with van der Waals surface area (Å²) in [5, 5.41) is 8.95. The molecule has 20 heavy (non-hydrogen) atoms. The van der Waals surface area contributed by atoms with Crippen molar-refractivity contribution in [2.45, 2.75) is 0 Å². The maximum Gasteiger partial charge on any atom is 0.337 e. The fourth-order valence-corrected chi connectivity index (χ4v) is 1.34. The molecule has 0 aromatic heterocycles. The van der Waals surface area contributed by atoms with Gasteiger partial charge in [-0.15, -0.1) is 0 Å². The number of methoxy groups -OCH3 is 2. The van der Waals surface area contributed by atoms with Crippen molar-refractivity contribution in [2.75, 3.05) is 14.2 Å².